The summed E-state index contributed by atoms with van der Waals surface area (Å²) < 4.78 is 1.87. The van der Waals surface area contributed by atoms with E-state index in [4.69, 9.17) is 11.6 Å². The second kappa shape index (κ2) is 5.66. The Kier molecular flexibility index (Phi) is 3.94. The van der Waals surface area contributed by atoms with Crippen molar-refractivity contribution in [1.29, 1.82) is 0 Å². The molecule has 0 spiro atoms. The van der Waals surface area contributed by atoms with Gasteiger partial charge in [0.2, 0.25) is 0 Å². The second-order valence-corrected chi connectivity index (χ2v) is 4.03. The molecule has 0 N–H and O–H groups in total. The first-order valence-corrected chi connectivity index (χ1v) is 5.91. The van der Waals surface area contributed by atoms with Gasteiger partial charge in [-0.1, -0.05) is 35.5 Å². The maximum atomic E-state index is 5.64. The van der Waals surface area contributed by atoms with E-state index in [1.807, 2.05) is 16.9 Å². The number of hydrogen-bond donors (Lipinski definition) is 0. The zero-order valence-corrected chi connectivity index (χ0v) is 9.77. The van der Waals surface area contributed by atoms with Crippen LogP contribution in [0.1, 0.15) is 11.3 Å². The van der Waals surface area contributed by atoms with Crippen molar-refractivity contribution in [2.45, 2.75) is 19.4 Å². The maximum absolute atomic E-state index is 5.64. The largest absolute Gasteiger partial charge is 0.252 e. The number of alkyl halides is 1. The number of nitrogens with zero attached hydrogens (tertiary/aromatic N) is 3. The lowest BCUT2D eigenvalue weighted by Crippen LogP contribution is -2.01. The van der Waals surface area contributed by atoms with E-state index in [0.717, 1.165) is 25.1 Å². The SMILES string of the molecule is ClCCc1cn(CCc2ccccc2)nn1. The van der Waals surface area contributed by atoms with Gasteiger partial charge in [-0.25, -0.2) is 0 Å². The van der Waals surface area contributed by atoms with Crippen molar-refractivity contribution >= 4 is 11.6 Å². The minimum Gasteiger partial charge on any atom is -0.252 e. The highest BCUT2D eigenvalue weighted by atomic mass is 35.5. The molecule has 0 aliphatic carbocycles. The number of halogens is 1. The standard InChI is InChI=1S/C12H14ClN3/c13-8-6-12-10-16(15-14-12)9-7-11-4-2-1-3-5-11/h1-5,10H,6-9H2. The van der Waals surface area contributed by atoms with Crippen molar-refractivity contribution in [3.8, 4) is 0 Å². The van der Waals surface area contributed by atoms with Gasteiger partial charge in [0.1, 0.15) is 0 Å². The number of aryl methyl sites for hydroxylation is 3. The number of hydrogen-bond acceptors (Lipinski definition) is 2. The summed E-state index contributed by atoms with van der Waals surface area (Å²) in [4.78, 5) is 0. The Morgan fingerprint density at radius 2 is 1.94 bits per heavy atom. The third-order valence-electron chi connectivity index (χ3n) is 2.41. The molecule has 0 amide bonds. The highest BCUT2D eigenvalue weighted by Crippen LogP contribution is 2.02. The molecule has 0 unspecified atom stereocenters. The Balaban J connectivity index is 1.89. The first-order chi connectivity index (χ1) is 7.88. The third-order valence-corrected chi connectivity index (χ3v) is 2.60. The molecule has 4 heteroatoms. The molecule has 0 fully saturated rings. The zero-order valence-electron chi connectivity index (χ0n) is 9.01. The molecule has 1 aromatic carbocycles. The summed E-state index contributed by atoms with van der Waals surface area (Å²) >= 11 is 5.64. The highest BCUT2D eigenvalue weighted by molar-refractivity contribution is 6.17. The van der Waals surface area contributed by atoms with Crippen molar-refractivity contribution in [2.75, 3.05) is 5.88 Å². The van der Waals surface area contributed by atoms with Crippen LogP contribution in [-0.4, -0.2) is 20.9 Å². The highest BCUT2D eigenvalue weighted by Gasteiger charge is 2.00. The molecule has 1 aromatic heterocycles. The Bertz CT molecular complexity index is 425. The van der Waals surface area contributed by atoms with Crippen LogP contribution in [0.3, 0.4) is 0 Å². The van der Waals surface area contributed by atoms with E-state index in [-0.39, 0.29) is 0 Å². The summed E-state index contributed by atoms with van der Waals surface area (Å²) in [7, 11) is 0. The topological polar surface area (TPSA) is 30.7 Å². The van der Waals surface area contributed by atoms with Crippen molar-refractivity contribution in [1.82, 2.24) is 15.0 Å². The smallest absolute Gasteiger partial charge is 0.0839 e. The van der Waals surface area contributed by atoms with Crippen molar-refractivity contribution in [3.63, 3.8) is 0 Å². The predicted molar refractivity (Wildman–Crippen MR) is 64.6 cm³/mol. The van der Waals surface area contributed by atoms with Crippen molar-refractivity contribution in [3.05, 3.63) is 47.8 Å². The Labute approximate surface area is 100 Å². The van der Waals surface area contributed by atoms with Crippen LogP contribution in [-0.2, 0) is 19.4 Å². The van der Waals surface area contributed by atoms with Gasteiger partial charge in [-0.2, -0.15) is 0 Å². The average molecular weight is 236 g/mol. The lowest BCUT2D eigenvalue weighted by atomic mass is 10.1. The molecule has 16 heavy (non-hydrogen) atoms. The van der Waals surface area contributed by atoms with E-state index in [1.54, 1.807) is 0 Å². The first-order valence-electron chi connectivity index (χ1n) is 5.37. The van der Waals surface area contributed by atoms with Gasteiger partial charge >= 0.3 is 0 Å². The molecule has 0 aliphatic heterocycles. The fourth-order valence-corrected chi connectivity index (χ4v) is 1.74. The first kappa shape index (κ1) is 11.1. The molecule has 0 aliphatic rings. The normalized spacial score (nSPS) is 10.6. The van der Waals surface area contributed by atoms with E-state index in [1.165, 1.54) is 5.56 Å². The fraction of sp³-hybridized carbons (Fsp3) is 0.333. The summed E-state index contributed by atoms with van der Waals surface area (Å²) in [5.74, 6) is 0.595. The quantitative estimate of drug-likeness (QED) is 0.745. The van der Waals surface area contributed by atoms with Crippen LogP contribution < -0.4 is 0 Å². The van der Waals surface area contributed by atoms with Crippen LogP contribution in [0.4, 0.5) is 0 Å². The Morgan fingerprint density at radius 3 is 2.69 bits per heavy atom. The second-order valence-electron chi connectivity index (χ2n) is 3.65. The molecular weight excluding hydrogens is 222 g/mol. The molecule has 2 rings (SSSR count). The molecular formula is C12H14ClN3. The van der Waals surface area contributed by atoms with Crippen LogP contribution in [0.5, 0.6) is 0 Å². The van der Waals surface area contributed by atoms with E-state index in [2.05, 4.69) is 34.6 Å². The van der Waals surface area contributed by atoms with Gasteiger partial charge < -0.3 is 0 Å². The van der Waals surface area contributed by atoms with Crippen molar-refractivity contribution < 1.29 is 0 Å². The fourth-order valence-electron chi connectivity index (χ4n) is 1.55. The molecule has 0 saturated carbocycles. The third kappa shape index (κ3) is 3.07. The minimum atomic E-state index is 0.595. The Morgan fingerprint density at radius 1 is 1.12 bits per heavy atom. The zero-order chi connectivity index (χ0) is 11.2. The number of rotatable bonds is 5. The lowest BCUT2D eigenvalue weighted by molar-refractivity contribution is 0.589. The van der Waals surface area contributed by atoms with Crippen LogP contribution in [0, 0.1) is 0 Å². The molecule has 0 saturated heterocycles. The summed E-state index contributed by atoms with van der Waals surface area (Å²) in [5.41, 5.74) is 2.28. The van der Waals surface area contributed by atoms with Gasteiger partial charge in [-0.15, -0.1) is 16.7 Å². The van der Waals surface area contributed by atoms with E-state index in [0.29, 0.717) is 5.88 Å². The molecule has 0 atom stereocenters. The van der Waals surface area contributed by atoms with Crippen LogP contribution in [0.25, 0.3) is 0 Å². The van der Waals surface area contributed by atoms with Crippen molar-refractivity contribution in [2.24, 2.45) is 0 Å². The molecule has 84 valence electrons. The Hall–Kier alpha value is -1.35. The summed E-state index contributed by atoms with van der Waals surface area (Å²) in [6.45, 7) is 0.860. The minimum absolute atomic E-state index is 0.595. The maximum Gasteiger partial charge on any atom is 0.0839 e. The lowest BCUT2D eigenvalue weighted by Gasteiger charge is -2.00. The van der Waals surface area contributed by atoms with E-state index >= 15 is 0 Å². The molecule has 2 aromatic rings. The number of benzene rings is 1. The van der Waals surface area contributed by atoms with Gasteiger partial charge in [-0.05, 0) is 12.0 Å². The predicted octanol–water partition coefficient (Wildman–Crippen LogP) is 2.30. The molecule has 1 heterocycles. The average Bonchev–Trinajstić information content (AvgIpc) is 2.76. The van der Waals surface area contributed by atoms with Crippen LogP contribution in [0.2, 0.25) is 0 Å². The van der Waals surface area contributed by atoms with Gasteiger partial charge in [0.05, 0.1) is 5.69 Å². The van der Waals surface area contributed by atoms with Crippen LogP contribution >= 0.6 is 11.6 Å². The van der Waals surface area contributed by atoms with Crippen LogP contribution in [0.15, 0.2) is 36.5 Å². The van der Waals surface area contributed by atoms with Gasteiger partial charge in [0.15, 0.2) is 0 Å². The monoisotopic (exact) mass is 235 g/mol. The van der Waals surface area contributed by atoms with E-state index in [9.17, 15) is 0 Å². The van der Waals surface area contributed by atoms with Gasteiger partial charge in [-0.3, -0.25) is 4.68 Å². The summed E-state index contributed by atoms with van der Waals surface area (Å²) in [6.07, 6.45) is 3.72. The summed E-state index contributed by atoms with van der Waals surface area (Å²) in [5, 5.41) is 8.10. The van der Waals surface area contributed by atoms with Gasteiger partial charge in [0.25, 0.3) is 0 Å². The van der Waals surface area contributed by atoms with Gasteiger partial charge in [0, 0.05) is 25.0 Å². The number of aromatic nitrogens is 3. The van der Waals surface area contributed by atoms with E-state index < -0.39 is 0 Å². The summed E-state index contributed by atoms with van der Waals surface area (Å²) in [6, 6.07) is 10.4. The molecule has 0 radical (unpaired) electrons. The molecule has 0 bridgehead atoms. The molecule has 3 nitrogen and oxygen atoms in total.